The lowest BCUT2D eigenvalue weighted by Crippen LogP contribution is -2.25. The molecule has 96 valence electrons. The number of fused-ring (bicyclic) bond motifs is 1. The Labute approximate surface area is 107 Å². The van der Waals surface area contributed by atoms with Gasteiger partial charge in [0.15, 0.2) is 0 Å². The van der Waals surface area contributed by atoms with Crippen molar-refractivity contribution < 1.29 is 9.53 Å². The third-order valence-electron chi connectivity index (χ3n) is 3.66. The molecule has 1 aromatic rings. The van der Waals surface area contributed by atoms with Gasteiger partial charge in [0, 0.05) is 6.04 Å². The highest BCUT2D eigenvalue weighted by molar-refractivity contribution is 5.97. The Hall–Kier alpha value is -1.55. The summed E-state index contributed by atoms with van der Waals surface area (Å²) in [5.74, 6) is 1.37. The Morgan fingerprint density at radius 3 is 3.00 bits per heavy atom. The van der Waals surface area contributed by atoms with Crippen LogP contribution in [0.3, 0.4) is 0 Å². The van der Waals surface area contributed by atoms with Crippen molar-refractivity contribution in [1.82, 2.24) is 10.6 Å². The van der Waals surface area contributed by atoms with Crippen molar-refractivity contribution in [1.29, 1.82) is 0 Å². The molecular formula is C14H18N2O2. The molecule has 0 spiro atoms. The first-order chi connectivity index (χ1) is 8.79. The van der Waals surface area contributed by atoms with Crippen LogP contribution in [0.2, 0.25) is 0 Å². The molecule has 18 heavy (non-hydrogen) atoms. The molecular weight excluding hydrogens is 228 g/mol. The van der Waals surface area contributed by atoms with Gasteiger partial charge in [-0.1, -0.05) is 6.07 Å². The number of ether oxygens (including phenoxy) is 1. The summed E-state index contributed by atoms with van der Waals surface area (Å²) in [4.78, 5) is 11.9. The molecule has 2 N–H and O–H groups in total. The van der Waals surface area contributed by atoms with Crippen LogP contribution in [-0.4, -0.2) is 26.1 Å². The van der Waals surface area contributed by atoms with E-state index in [4.69, 9.17) is 4.74 Å². The second-order valence-electron chi connectivity index (χ2n) is 4.96. The van der Waals surface area contributed by atoms with Crippen LogP contribution in [0.4, 0.5) is 0 Å². The number of carbonyl (C=O) groups is 1. The summed E-state index contributed by atoms with van der Waals surface area (Å²) in [7, 11) is 1.98. The smallest absolute Gasteiger partial charge is 0.255 e. The quantitative estimate of drug-likeness (QED) is 0.849. The number of carbonyl (C=O) groups excluding carboxylic acids is 1. The van der Waals surface area contributed by atoms with Crippen LogP contribution in [-0.2, 0) is 0 Å². The predicted octanol–water partition coefficient (Wildman–Crippen LogP) is 1.48. The first-order valence-electron chi connectivity index (χ1n) is 6.52. The van der Waals surface area contributed by atoms with E-state index in [2.05, 4.69) is 16.7 Å². The zero-order valence-electron chi connectivity index (χ0n) is 10.5. The normalized spacial score (nSPS) is 20.4. The maximum Gasteiger partial charge on any atom is 0.255 e. The molecule has 0 radical (unpaired) electrons. The Balaban J connectivity index is 1.95. The Morgan fingerprint density at radius 2 is 2.28 bits per heavy atom. The highest BCUT2D eigenvalue weighted by atomic mass is 16.5. The molecule has 1 aliphatic carbocycles. The summed E-state index contributed by atoms with van der Waals surface area (Å²) in [6, 6.07) is 6.31. The fourth-order valence-corrected chi connectivity index (χ4v) is 2.57. The van der Waals surface area contributed by atoms with Crippen molar-refractivity contribution in [2.75, 3.05) is 20.2 Å². The Kier molecular flexibility index (Phi) is 2.96. The van der Waals surface area contributed by atoms with E-state index < -0.39 is 0 Å². The molecule has 3 rings (SSSR count). The second kappa shape index (κ2) is 4.61. The number of nitrogens with one attached hydrogen (secondary N) is 2. The minimum atomic E-state index is -0.0324. The van der Waals surface area contributed by atoms with Gasteiger partial charge in [-0.25, -0.2) is 0 Å². The summed E-state index contributed by atoms with van der Waals surface area (Å²) in [6.07, 6.45) is 2.54. The molecule has 1 atom stereocenters. The minimum absolute atomic E-state index is 0.0324. The molecule has 0 aromatic heterocycles. The van der Waals surface area contributed by atoms with Gasteiger partial charge in [0.05, 0.1) is 12.1 Å². The van der Waals surface area contributed by atoms with Crippen LogP contribution in [0.5, 0.6) is 5.75 Å². The van der Waals surface area contributed by atoms with E-state index in [1.54, 1.807) is 0 Å². The zero-order chi connectivity index (χ0) is 12.5. The molecule has 1 amide bonds. The average molecular weight is 246 g/mol. The minimum Gasteiger partial charge on any atom is -0.491 e. The summed E-state index contributed by atoms with van der Waals surface area (Å²) in [5, 5.41) is 6.19. The molecule has 1 saturated carbocycles. The largest absolute Gasteiger partial charge is 0.491 e. The SMILES string of the molecule is CNC(c1ccc2c(c1)C(=O)NCCO2)C1CC1. The van der Waals surface area contributed by atoms with Crippen molar-refractivity contribution in [3.63, 3.8) is 0 Å². The second-order valence-corrected chi connectivity index (χ2v) is 4.96. The van der Waals surface area contributed by atoms with E-state index in [1.807, 2.05) is 19.2 Å². The van der Waals surface area contributed by atoms with Crippen molar-refractivity contribution in [3.8, 4) is 5.75 Å². The maximum absolute atomic E-state index is 11.9. The predicted molar refractivity (Wildman–Crippen MR) is 68.8 cm³/mol. The molecule has 4 heteroatoms. The van der Waals surface area contributed by atoms with Gasteiger partial charge in [0.1, 0.15) is 12.4 Å². The number of hydrogen-bond acceptors (Lipinski definition) is 3. The van der Waals surface area contributed by atoms with E-state index in [-0.39, 0.29) is 5.91 Å². The van der Waals surface area contributed by atoms with Gasteiger partial charge in [-0.15, -0.1) is 0 Å². The van der Waals surface area contributed by atoms with Crippen LogP contribution in [0.15, 0.2) is 18.2 Å². The van der Waals surface area contributed by atoms with Gasteiger partial charge < -0.3 is 15.4 Å². The van der Waals surface area contributed by atoms with Crippen LogP contribution in [0.1, 0.15) is 34.8 Å². The molecule has 4 nitrogen and oxygen atoms in total. The van der Waals surface area contributed by atoms with Crippen LogP contribution in [0, 0.1) is 5.92 Å². The molecule has 1 fully saturated rings. The summed E-state index contributed by atoms with van der Waals surface area (Å²) in [6.45, 7) is 1.11. The highest BCUT2D eigenvalue weighted by Crippen LogP contribution is 2.41. The fourth-order valence-electron chi connectivity index (χ4n) is 2.57. The van der Waals surface area contributed by atoms with Crippen LogP contribution in [0.25, 0.3) is 0 Å². The van der Waals surface area contributed by atoms with Gasteiger partial charge in [0.2, 0.25) is 0 Å². The Bertz CT molecular complexity index is 469. The van der Waals surface area contributed by atoms with Crippen molar-refractivity contribution in [3.05, 3.63) is 29.3 Å². The van der Waals surface area contributed by atoms with E-state index in [0.717, 1.165) is 0 Å². The van der Waals surface area contributed by atoms with Gasteiger partial charge in [-0.05, 0) is 43.5 Å². The van der Waals surface area contributed by atoms with Crippen molar-refractivity contribution in [2.45, 2.75) is 18.9 Å². The van der Waals surface area contributed by atoms with Gasteiger partial charge in [0.25, 0.3) is 5.91 Å². The summed E-state index contributed by atoms with van der Waals surface area (Å²) >= 11 is 0. The molecule has 1 heterocycles. The van der Waals surface area contributed by atoms with Crippen LogP contribution >= 0.6 is 0 Å². The highest BCUT2D eigenvalue weighted by Gasteiger charge is 2.32. The molecule has 1 aliphatic heterocycles. The number of amides is 1. The Morgan fingerprint density at radius 1 is 1.44 bits per heavy atom. The van der Waals surface area contributed by atoms with E-state index in [9.17, 15) is 4.79 Å². The van der Waals surface area contributed by atoms with E-state index >= 15 is 0 Å². The first-order valence-corrected chi connectivity index (χ1v) is 6.52. The lowest BCUT2D eigenvalue weighted by Gasteiger charge is -2.17. The lowest BCUT2D eigenvalue weighted by molar-refractivity contribution is 0.0957. The van der Waals surface area contributed by atoms with Crippen molar-refractivity contribution >= 4 is 5.91 Å². The summed E-state index contributed by atoms with van der Waals surface area (Å²) < 4.78 is 5.56. The maximum atomic E-state index is 11.9. The van der Waals surface area contributed by atoms with E-state index in [0.29, 0.717) is 36.4 Å². The monoisotopic (exact) mass is 246 g/mol. The first kappa shape index (κ1) is 11.5. The molecule has 0 bridgehead atoms. The third-order valence-corrected chi connectivity index (χ3v) is 3.66. The molecule has 1 aromatic carbocycles. The third kappa shape index (κ3) is 2.08. The van der Waals surface area contributed by atoms with Crippen LogP contribution < -0.4 is 15.4 Å². The van der Waals surface area contributed by atoms with Gasteiger partial charge in [-0.2, -0.15) is 0 Å². The topological polar surface area (TPSA) is 50.4 Å². The van der Waals surface area contributed by atoms with Gasteiger partial charge >= 0.3 is 0 Å². The average Bonchev–Trinajstić information content (AvgIpc) is 3.20. The number of rotatable bonds is 3. The number of hydrogen-bond donors (Lipinski definition) is 2. The van der Waals surface area contributed by atoms with Crippen molar-refractivity contribution in [2.24, 2.45) is 5.92 Å². The fraction of sp³-hybridized carbons (Fsp3) is 0.500. The zero-order valence-corrected chi connectivity index (χ0v) is 10.5. The molecule has 0 saturated heterocycles. The van der Waals surface area contributed by atoms with Gasteiger partial charge in [-0.3, -0.25) is 4.79 Å². The lowest BCUT2D eigenvalue weighted by atomic mass is 9.99. The standard InChI is InChI=1S/C14H18N2O2/c1-15-13(9-2-3-9)10-4-5-12-11(8-10)14(17)16-6-7-18-12/h4-5,8-9,13,15H,2-3,6-7H2,1H3,(H,16,17). The summed E-state index contributed by atoms with van der Waals surface area (Å²) in [5.41, 5.74) is 1.84. The number of benzene rings is 1. The molecule has 2 aliphatic rings. The molecule has 1 unspecified atom stereocenters. The van der Waals surface area contributed by atoms with E-state index in [1.165, 1.54) is 18.4 Å².